The van der Waals surface area contributed by atoms with E-state index in [-0.39, 0.29) is 5.56 Å². The number of hydrogen-bond acceptors (Lipinski definition) is 3. The Morgan fingerprint density at radius 2 is 2.11 bits per heavy atom. The number of carbonyl (C=O) groups is 1. The lowest BCUT2D eigenvalue weighted by Crippen LogP contribution is -2.04. The zero-order valence-corrected chi connectivity index (χ0v) is 11.1. The molecule has 0 amide bonds. The second-order valence-electron chi connectivity index (χ2n) is 3.94. The minimum absolute atomic E-state index is 0.281. The summed E-state index contributed by atoms with van der Waals surface area (Å²) in [5.41, 5.74) is 1.61. The molecule has 1 rings (SSSR count). The molecule has 0 aromatic heterocycles. The average Bonchev–Trinajstić information content (AvgIpc) is 2.32. The second-order valence-corrected chi connectivity index (χ2v) is 3.94. The molecule has 1 aromatic rings. The molecule has 1 N–H and O–H groups in total. The van der Waals surface area contributed by atoms with Crippen molar-refractivity contribution < 1.29 is 14.6 Å². The van der Waals surface area contributed by atoms with Crippen LogP contribution in [0.4, 0.5) is 5.69 Å². The van der Waals surface area contributed by atoms with Gasteiger partial charge in [0.15, 0.2) is 5.90 Å². The molecular weight excluding hydrogens is 230 g/mol. The Bertz CT molecular complexity index is 444. The number of carboxylic acids is 1. The zero-order chi connectivity index (χ0) is 13.5. The van der Waals surface area contributed by atoms with Crippen LogP contribution in [0, 0.1) is 6.92 Å². The van der Waals surface area contributed by atoms with Crippen molar-refractivity contribution in [2.75, 3.05) is 6.61 Å². The summed E-state index contributed by atoms with van der Waals surface area (Å²) in [6.07, 6.45) is 1.70. The first-order valence-electron chi connectivity index (χ1n) is 6.13. The summed E-state index contributed by atoms with van der Waals surface area (Å²) in [7, 11) is 0. The van der Waals surface area contributed by atoms with Crippen LogP contribution in [-0.4, -0.2) is 23.6 Å². The Labute approximate surface area is 107 Å². The fourth-order valence-electron chi connectivity index (χ4n) is 1.65. The number of hydrogen-bond donors (Lipinski definition) is 1. The molecule has 0 aliphatic rings. The Kier molecular flexibility index (Phi) is 5.36. The van der Waals surface area contributed by atoms with Gasteiger partial charge in [-0.1, -0.05) is 13.0 Å². The summed E-state index contributed by atoms with van der Waals surface area (Å²) >= 11 is 0. The third-order valence-electron chi connectivity index (χ3n) is 2.56. The van der Waals surface area contributed by atoms with Gasteiger partial charge in [-0.25, -0.2) is 9.79 Å². The highest BCUT2D eigenvalue weighted by molar-refractivity contribution is 5.91. The van der Waals surface area contributed by atoms with Crippen molar-refractivity contribution in [1.29, 1.82) is 0 Å². The molecule has 0 spiro atoms. The summed E-state index contributed by atoms with van der Waals surface area (Å²) < 4.78 is 5.44. The Balaban J connectivity index is 3.12. The van der Waals surface area contributed by atoms with Gasteiger partial charge in [-0.15, -0.1) is 0 Å². The first kappa shape index (κ1) is 14.2. The van der Waals surface area contributed by atoms with Crippen LogP contribution >= 0.6 is 0 Å². The van der Waals surface area contributed by atoms with E-state index in [4.69, 9.17) is 9.84 Å². The van der Waals surface area contributed by atoms with Gasteiger partial charge in [0, 0.05) is 6.42 Å². The van der Waals surface area contributed by atoms with Crippen LogP contribution in [0.1, 0.15) is 42.6 Å². The first-order chi connectivity index (χ1) is 8.60. The summed E-state index contributed by atoms with van der Waals surface area (Å²) in [5.74, 6) is -0.274. The van der Waals surface area contributed by atoms with Crippen LogP contribution in [0.3, 0.4) is 0 Å². The number of ether oxygens (including phenoxy) is 1. The first-order valence-corrected chi connectivity index (χ1v) is 6.13. The van der Waals surface area contributed by atoms with Crippen LogP contribution in [0.5, 0.6) is 0 Å². The van der Waals surface area contributed by atoms with E-state index in [1.54, 1.807) is 25.1 Å². The monoisotopic (exact) mass is 249 g/mol. The van der Waals surface area contributed by atoms with Crippen LogP contribution in [0.2, 0.25) is 0 Å². The highest BCUT2D eigenvalue weighted by Crippen LogP contribution is 2.22. The largest absolute Gasteiger partial charge is 0.481 e. The lowest BCUT2D eigenvalue weighted by molar-refractivity contribution is 0.0696. The molecule has 4 heteroatoms. The molecule has 0 heterocycles. The summed E-state index contributed by atoms with van der Waals surface area (Å²) in [5, 5.41) is 9.05. The molecule has 0 saturated carbocycles. The van der Waals surface area contributed by atoms with Crippen molar-refractivity contribution in [1.82, 2.24) is 0 Å². The van der Waals surface area contributed by atoms with Crippen molar-refractivity contribution in [3.05, 3.63) is 29.3 Å². The minimum atomic E-state index is -0.932. The molecule has 0 fully saturated rings. The zero-order valence-electron chi connectivity index (χ0n) is 11.1. The fraction of sp³-hybridized carbons (Fsp3) is 0.429. The maximum absolute atomic E-state index is 11.0. The molecule has 98 valence electrons. The standard InChI is InChI=1S/C14H19NO3/c1-4-7-13(18-5-2)15-12-9-6-8-11(10(12)3)14(16)17/h6,8-9H,4-5,7H2,1-3H3,(H,16,17)/b15-13+. The van der Waals surface area contributed by atoms with E-state index in [1.165, 1.54) is 0 Å². The molecule has 0 aliphatic heterocycles. The fourth-order valence-corrected chi connectivity index (χ4v) is 1.65. The maximum atomic E-state index is 11.0. The van der Waals surface area contributed by atoms with Gasteiger partial charge in [0.2, 0.25) is 0 Å². The molecule has 0 unspecified atom stereocenters. The quantitative estimate of drug-likeness (QED) is 0.641. The summed E-state index contributed by atoms with van der Waals surface area (Å²) in [4.78, 5) is 15.4. The van der Waals surface area contributed by atoms with Gasteiger partial charge in [0.1, 0.15) is 0 Å². The van der Waals surface area contributed by atoms with Crippen LogP contribution in [0.15, 0.2) is 23.2 Å². The van der Waals surface area contributed by atoms with Crippen LogP contribution in [0.25, 0.3) is 0 Å². The number of carboxylic acid groups (broad SMARTS) is 1. The van der Waals surface area contributed by atoms with Crippen molar-refractivity contribution >= 4 is 17.6 Å². The Morgan fingerprint density at radius 1 is 1.39 bits per heavy atom. The van der Waals surface area contributed by atoms with Gasteiger partial charge >= 0.3 is 5.97 Å². The Morgan fingerprint density at radius 3 is 2.67 bits per heavy atom. The number of aliphatic imine (C=N–C) groups is 1. The average molecular weight is 249 g/mol. The van der Waals surface area contributed by atoms with Crippen molar-refractivity contribution in [3.8, 4) is 0 Å². The molecule has 1 aromatic carbocycles. The van der Waals surface area contributed by atoms with E-state index < -0.39 is 5.97 Å². The number of aromatic carboxylic acids is 1. The van der Waals surface area contributed by atoms with E-state index in [0.29, 0.717) is 23.8 Å². The molecule has 0 radical (unpaired) electrons. The predicted molar refractivity (Wildman–Crippen MR) is 71.8 cm³/mol. The van der Waals surface area contributed by atoms with Gasteiger partial charge in [-0.05, 0) is 38.0 Å². The molecule has 0 bridgehead atoms. The number of benzene rings is 1. The third kappa shape index (κ3) is 3.58. The number of nitrogens with zero attached hydrogens (tertiary/aromatic N) is 1. The molecule has 4 nitrogen and oxygen atoms in total. The van der Waals surface area contributed by atoms with Gasteiger partial charge in [-0.2, -0.15) is 0 Å². The normalized spacial score (nSPS) is 11.4. The lowest BCUT2D eigenvalue weighted by Gasteiger charge is -2.08. The van der Waals surface area contributed by atoms with Crippen molar-refractivity contribution in [3.63, 3.8) is 0 Å². The van der Waals surface area contributed by atoms with Crippen molar-refractivity contribution in [2.24, 2.45) is 4.99 Å². The maximum Gasteiger partial charge on any atom is 0.336 e. The van der Waals surface area contributed by atoms with Gasteiger partial charge in [0.25, 0.3) is 0 Å². The molecular formula is C14H19NO3. The van der Waals surface area contributed by atoms with Gasteiger partial charge < -0.3 is 9.84 Å². The molecule has 0 aliphatic carbocycles. The summed E-state index contributed by atoms with van der Waals surface area (Å²) in [6.45, 7) is 6.29. The topological polar surface area (TPSA) is 58.9 Å². The third-order valence-corrected chi connectivity index (χ3v) is 2.56. The number of rotatable bonds is 5. The molecule has 0 atom stereocenters. The van der Waals surface area contributed by atoms with E-state index in [2.05, 4.69) is 11.9 Å². The van der Waals surface area contributed by atoms with E-state index in [1.807, 2.05) is 6.92 Å². The molecule has 0 saturated heterocycles. The van der Waals surface area contributed by atoms with Gasteiger partial charge in [0.05, 0.1) is 17.9 Å². The van der Waals surface area contributed by atoms with E-state index in [9.17, 15) is 4.79 Å². The highest BCUT2D eigenvalue weighted by Gasteiger charge is 2.10. The van der Waals surface area contributed by atoms with Crippen LogP contribution in [-0.2, 0) is 4.74 Å². The van der Waals surface area contributed by atoms with Gasteiger partial charge in [-0.3, -0.25) is 0 Å². The Hall–Kier alpha value is -1.84. The summed E-state index contributed by atoms with van der Waals surface area (Å²) in [6, 6.07) is 5.08. The van der Waals surface area contributed by atoms with E-state index in [0.717, 1.165) is 12.8 Å². The smallest absolute Gasteiger partial charge is 0.336 e. The molecule has 18 heavy (non-hydrogen) atoms. The minimum Gasteiger partial charge on any atom is -0.481 e. The second kappa shape index (κ2) is 6.79. The van der Waals surface area contributed by atoms with Crippen molar-refractivity contribution in [2.45, 2.75) is 33.6 Å². The lowest BCUT2D eigenvalue weighted by atomic mass is 10.1. The predicted octanol–water partition coefficient (Wildman–Crippen LogP) is 3.56. The van der Waals surface area contributed by atoms with E-state index >= 15 is 0 Å². The SMILES string of the molecule is CCC/C(=N\c1cccc(C(=O)O)c1C)OCC. The highest BCUT2D eigenvalue weighted by atomic mass is 16.5. The van der Waals surface area contributed by atoms with Crippen LogP contribution < -0.4 is 0 Å².